The normalized spacial score (nSPS) is 23.0. The Morgan fingerprint density at radius 3 is 2.77 bits per heavy atom. The molecule has 6 rings (SSSR count). The zero-order valence-electron chi connectivity index (χ0n) is 18.6. The molecule has 0 radical (unpaired) electrons. The molecule has 178 valence electrons. The predicted molar refractivity (Wildman–Crippen MR) is 129 cm³/mol. The van der Waals surface area contributed by atoms with Crippen LogP contribution in [0.1, 0.15) is 17.5 Å². The van der Waals surface area contributed by atoms with Gasteiger partial charge in [-0.15, -0.1) is 0 Å². The molecule has 2 fully saturated rings. The number of morpholine rings is 1. The van der Waals surface area contributed by atoms with Crippen LogP contribution in [0.4, 0.5) is 14.6 Å². The van der Waals surface area contributed by atoms with Crippen molar-refractivity contribution in [3.63, 3.8) is 0 Å². The van der Waals surface area contributed by atoms with E-state index in [0.717, 1.165) is 23.9 Å². The number of ether oxygens (including phenoxy) is 1. The summed E-state index contributed by atoms with van der Waals surface area (Å²) in [5.41, 5.74) is 0.200. The van der Waals surface area contributed by atoms with Gasteiger partial charge in [0.25, 0.3) is 0 Å². The minimum Gasteiger partial charge on any atom is -0.378 e. The molecule has 0 spiro atoms. The lowest BCUT2D eigenvalue weighted by atomic mass is 9.73. The summed E-state index contributed by atoms with van der Waals surface area (Å²) in [4.78, 5) is 8.59. The van der Waals surface area contributed by atoms with E-state index in [1.54, 1.807) is 23.0 Å². The van der Waals surface area contributed by atoms with Crippen molar-refractivity contribution in [3.8, 4) is 11.8 Å². The summed E-state index contributed by atoms with van der Waals surface area (Å²) >= 11 is 1.05. The Labute approximate surface area is 204 Å². The molecular weight excluding hydrogens is 472 g/mol. The molecule has 0 unspecified atom stereocenters. The number of nitrogens with zero attached hydrogens (tertiary/aromatic N) is 5. The second kappa shape index (κ2) is 8.32. The van der Waals surface area contributed by atoms with Crippen molar-refractivity contribution >= 4 is 33.4 Å². The summed E-state index contributed by atoms with van der Waals surface area (Å²) in [6, 6.07) is 5.25. The Morgan fingerprint density at radius 1 is 1.17 bits per heavy atom. The number of benzene rings is 1. The molecule has 2 aliphatic heterocycles. The summed E-state index contributed by atoms with van der Waals surface area (Å²) in [7, 11) is 0. The van der Waals surface area contributed by atoms with Gasteiger partial charge >= 0.3 is 0 Å². The number of hydrogen-bond donors (Lipinski definition) is 2. The van der Waals surface area contributed by atoms with E-state index in [1.165, 1.54) is 6.07 Å². The number of halogens is 2. The average Bonchev–Trinajstić information content (AvgIpc) is 3.39. The van der Waals surface area contributed by atoms with Crippen LogP contribution in [0.15, 0.2) is 36.7 Å². The van der Waals surface area contributed by atoms with Crippen LogP contribution in [0.25, 0.3) is 5.65 Å². The lowest BCUT2D eigenvalue weighted by Crippen LogP contribution is -2.49. The number of anilines is 1. The molecular formula is C24H21F2N7OS. The summed E-state index contributed by atoms with van der Waals surface area (Å²) < 4.78 is 35.8. The van der Waals surface area contributed by atoms with Gasteiger partial charge in [-0.05, 0) is 42.4 Å². The highest BCUT2D eigenvalue weighted by Crippen LogP contribution is 2.49. The van der Waals surface area contributed by atoms with E-state index >= 15 is 0 Å². The first-order valence-corrected chi connectivity index (χ1v) is 12.1. The van der Waals surface area contributed by atoms with E-state index in [0.29, 0.717) is 56.3 Å². The second-order valence-corrected chi connectivity index (χ2v) is 9.60. The molecule has 11 heteroatoms. The van der Waals surface area contributed by atoms with Crippen LogP contribution in [0, 0.1) is 40.2 Å². The number of thioether (sulfide) groups is 1. The van der Waals surface area contributed by atoms with E-state index in [1.807, 2.05) is 9.80 Å². The number of hydrogen-bond acceptors (Lipinski definition) is 7. The molecule has 2 saturated heterocycles. The first kappa shape index (κ1) is 22.0. The highest BCUT2D eigenvalue weighted by Gasteiger charge is 2.54. The minimum atomic E-state index is -0.974. The van der Waals surface area contributed by atoms with Crippen molar-refractivity contribution in [2.75, 3.05) is 37.7 Å². The van der Waals surface area contributed by atoms with Gasteiger partial charge in [0.2, 0.25) is 0 Å². The van der Waals surface area contributed by atoms with E-state index in [9.17, 15) is 8.78 Å². The first-order chi connectivity index (χ1) is 17.0. The first-order valence-electron chi connectivity index (χ1n) is 11.3. The fourth-order valence-electron chi connectivity index (χ4n) is 4.92. The zero-order chi connectivity index (χ0) is 24.2. The van der Waals surface area contributed by atoms with Crippen molar-refractivity contribution in [2.24, 2.45) is 5.92 Å². The third-order valence-electron chi connectivity index (χ3n) is 6.72. The van der Waals surface area contributed by atoms with E-state index in [-0.39, 0.29) is 21.7 Å². The summed E-state index contributed by atoms with van der Waals surface area (Å²) in [5, 5.41) is 21.7. The predicted octanol–water partition coefficient (Wildman–Crippen LogP) is 3.07. The third kappa shape index (κ3) is 3.47. The third-order valence-corrected chi connectivity index (χ3v) is 7.60. The summed E-state index contributed by atoms with van der Waals surface area (Å²) in [6.07, 6.45) is 4.01. The molecule has 1 aromatic carbocycles. The van der Waals surface area contributed by atoms with Crippen molar-refractivity contribution < 1.29 is 13.5 Å². The number of fused-ring (bicyclic) bond motifs is 2. The van der Waals surface area contributed by atoms with Crippen LogP contribution in [0.2, 0.25) is 0 Å². The Morgan fingerprint density at radius 2 is 2.00 bits per heavy atom. The fraction of sp³-hybridized carbons (Fsp3) is 0.333. The van der Waals surface area contributed by atoms with Gasteiger partial charge in [-0.1, -0.05) is 11.8 Å². The van der Waals surface area contributed by atoms with Crippen molar-refractivity contribution in [1.29, 1.82) is 10.8 Å². The highest BCUT2D eigenvalue weighted by molar-refractivity contribution is 8.26. The number of rotatable bonds is 3. The standard InChI is InChI=1S/C24H21F2N7OS/c25-16-1-2-19(26)18(13-16)24-6-3-15(24)4-7-32(24)20-5-8-33-22(30-20)17(14-29-33)21(27)35-23(28)31-9-11-34-12-10-31/h1-2,5,8,13-15,27-28H,4,7,9-12H2/t15-,24-/m1/s1. The molecule has 3 aromatic rings. The Bertz CT molecular complexity index is 1420. The molecule has 3 aliphatic rings. The van der Waals surface area contributed by atoms with E-state index in [4.69, 9.17) is 20.5 Å². The van der Waals surface area contributed by atoms with Crippen molar-refractivity contribution in [2.45, 2.75) is 12.0 Å². The Hall–Kier alpha value is -3.49. The van der Waals surface area contributed by atoms with Gasteiger partial charge in [-0.25, -0.2) is 18.3 Å². The van der Waals surface area contributed by atoms with Crippen LogP contribution in [-0.2, 0) is 10.3 Å². The minimum absolute atomic E-state index is 0.121. The second-order valence-electron chi connectivity index (χ2n) is 8.60. The highest BCUT2D eigenvalue weighted by atomic mass is 32.2. The Kier molecular flexibility index (Phi) is 5.23. The van der Waals surface area contributed by atoms with Crippen LogP contribution < -0.4 is 4.90 Å². The van der Waals surface area contributed by atoms with Crippen LogP contribution >= 0.6 is 11.8 Å². The lowest BCUT2D eigenvalue weighted by Gasteiger charge is -2.41. The summed E-state index contributed by atoms with van der Waals surface area (Å²) in [5.74, 6) is 5.65. The summed E-state index contributed by atoms with van der Waals surface area (Å²) in [6.45, 7) is 2.93. The number of nitrogens with one attached hydrogen (secondary N) is 2. The molecule has 8 nitrogen and oxygen atoms in total. The molecule has 4 heterocycles. The van der Waals surface area contributed by atoms with Crippen LogP contribution in [0.3, 0.4) is 0 Å². The van der Waals surface area contributed by atoms with Gasteiger partial charge in [0.05, 0.1) is 30.9 Å². The quantitative estimate of drug-likeness (QED) is 0.331. The average molecular weight is 494 g/mol. The molecule has 0 bridgehead atoms. The van der Waals surface area contributed by atoms with E-state index < -0.39 is 17.2 Å². The van der Waals surface area contributed by atoms with E-state index in [2.05, 4.69) is 16.9 Å². The van der Waals surface area contributed by atoms with Gasteiger partial charge in [-0.3, -0.25) is 10.8 Å². The van der Waals surface area contributed by atoms with Gasteiger partial charge in [-0.2, -0.15) is 5.10 Å². The zero-order valence-corrected chi connectivity index (χ0v) is 19.4. The van der Waals surface area contributed by atoms with Crippen molar-refractivity contribution in [1.82, 2.24) is 19.5 Å². The van der Waals surface area contributed by atoms with Crippen LogP contribution in [0.5, 0.6) is 0 Å². The molecule has 35 heavy (non-hydrogen) atoms. The topological polar surface area (TPSA) is 93.6 Å². The molecule has 2 aromatic heterocycles. The maximum atomic E-state index is 14.9. The number of amidine groups is 1. The SMILES string of the molecule is N=C(SC(=N)N1CCOCC1)c1cnn2ccc(N3CC[C@H]4C#C[C@]43c3cc(F)ccc3F)nc12. The maximum Gasteiger partial charge on any atom is 0.167 e. The number of aromatic nitrogens is 3. The van der Waals surface area contributed by atoms with Gasteiger partial charge < -0.3 is 14.5 Å². The van der Waals surface area contributed by atoms with Crippen LogP contribution in [-0.4, -0.2) is 62.6 Å². The van der Waals surface area contributed by atoms with Crippen molar-refractivity contribution in [3.05, 3.63) is 59.4 Å². The molecule has 2 N–H and O–H groups in total. The monoisotopic (exact) mass is 493 g/mol. The molecule has 0 amide bonds. The van der Waals surface area contributed by atoms with Gasteiger partial charge in [0, 0.05) is 31.4 Å². The lowest BCUT2D eigenvalue weighted by molar-refractivity contribution is 0.0691. The molecule has 0 saturated carbocycles. The Balaban J connectivity index is 1.33. The molecule has 2 atom stereocenters. The maximum absolute atomic E-state index is 14.9. The fourth-order valence-corrected chi connectivity index (χ4v) is 5.68. The smallest absolute Gasteiger partial charge is 0.167 e. The molecule has 1 aliphatic carbocycles. The van der Waals surface area contributed by atoms with Gasteiger partial charge in [0.15, 0.2) is 10.8 Å². The largest absolute Gasteiger partial charge is 0.378 e. The van der Waals surface area contributed by atoms with Gasteiger partial charge in [0.1, 0.15) is 28.0 Å².